The highest BCUT2D eigenvalue weighted by Crippen LogP contribution is 2.40. The fourth-order valence-corrected chi connectivity index (χ4v) is 4.05. The maximum Gasteiger partial charge on any atom is 0.339 e. The topological polar surface area (TPSA) is 119 Å². The first kappa shape index (κ1) is 24.4. The monoisotopic (exact) mass is 478 g/mol. The van der Waals surface area contributed by atoms with Crippen molar-refractivity contribution in [2.45, 2.75) is 24.7 Å². The van der Waals surface area contributed by atoms with E-state index in [1.807, 2.05) is 13.0 Å². The molecule has 0 N–H and O–H groups in total. The average molecular weight is 479 g/mol. The lowest BCUT2D eigenvalue weighted by molar-refractivity contribution is 0.350. The van der Waals surface area contributed by atoms with Crippen LogP contribution in [0.2, 0.25) is 0 Å². The maximum absolute atomic E-state index is 12.9. The van der Waals surface area contributed by atoms with Gasteiger partial charge >= 0.3 is 10.1 Å². The van der Waals surface area contributed by atoms with Gasteiger partial charge in [0.2, 0.25) is 0 Å². The molecule has 0 radical (unpaired) electrons. The molecule has 0 saturated heterocycles. The molecule has 3 aromatic carbocycles. The summed E-state index contributed by atoms with van der Waals surface area (Å²) >= 11 is 0. The Morgan fingerprint density at radius 2 is 1.41 bits per heavy atom. The summed E-state index contributed by atoms with van der Waals surface area (Å²) in [5.74, 6) is 1.03. The van der Waals surface area contributed by atoms with Gasteiger partial charge in [0.1, 0.15) is 10.6 Å². The van der Waals surface area contributed by atoms with E-state index in [4.69, 9.17) is 23.7 Å². The van der Waals surface area contributed by atoms with Gasteiger partial charge in [-0.2, -0.15) is 18.9 Å². The van der Waals surface area contributed by atoms with Crippen molar-refractivity contribution in [1.29, 1.82) is 10.5 Å². The third kappa shape index (κ3) is 5.58. The van der Waals surface area contributed by atoms with Crippen molar-refractivity contribution in [3.63, 3.8) is 0 Å². The lowest BCUT2D eigenvalue weighted by Crippen LogP contribution is -2.10. The number of hydrogen-bond acceptors (Lipinski definition) is 8. The smallest absolute Gasteiger partial charge is 0.339 e. The molecule has 3 aromatic rings. The Balaban J connectivity index is 2.07. The maximum atomic E-state index is 12.9. The minimum Gasteiger partial charge on any atom is -0.493 e. The minimum atomic E-state index is -4.16. The summed E-state index contributed by atoms with van der Waals surface area (Å²) in [4.78, 5) is -0.0126. The van der Waals surface area contributed by atoms with Crippen LogP contribution in [0.3, 0.4) is 0 Å². The van der Waals surface area contributed by atoms with Crippen LogP contribution in [0.4, 0.5) is 0 Å². The summed E-state index contributed by atoms with van der Waals surface area (Å²) in [5.41, 5.74) is 2.00. The number of nitrogens with zero attached hydrogens (tertiary/aromatic N) is 2. The zero-order valence-electron chi connectivity index (χ0n) is 18.9. The molecule has 0 aliphatic rings. The van der Waals surface area contributed by atoms with Crippen LogP contribution in [0.25, 0.3) is 0 Å². The van der Waals surface area contributed by atoms with Crippen LogP contribution in [0, 0.1) is 29.6 Å². The molecule has 0 bridgehead atoms. The molecule has 9 heteroatoms. The largest absolute Gasteiger partial charge is 0.493 e. The van der Waals surface area contributed by atoms with Crippen LogP contribution in [0.5, 0.6) is 28.7 Å². The summed E-state index contributed by atoms with van der Waals surface area (Å²) < 4.78 is 47.8. The Hall–Kier alpha value is -4.21. The number of ether oxygens (including phenoxy) is 3. The van der Waals surface area contributed by atoms with Gasteiger partial charge in [-0.1, -0.05) is 23.8 Å². The van der Waals surface area contributed by atoms with Gasteiger partial charge in [0.05, 0.1) is 39.2 Å². The first-order valence-corrected chi connectivity index (χ1v) is 11.5. The quantitative estimate of drug-likeness (QED) is 0.406. The van der Waals surface area contributed by atoms with Crippen LogP contribution < -0.4 is 18.4 Å². The molecular formula is C25H22N2O6S. The predicted molar refractivity (Wildman–Crippen MR) is 124 cm³/mol. The van der Waals surface area contributed by atoms with E-state index in [-0.39, 0.29) is 35.0 Å². The fourth-order valence-electron chi connectivity index (χ4n) is 3.11. The van der Waals surface area contributed by atoms with Crippen molar-refractivity contribution in [1.82, 2.24) is 0 Å². The Morgan fingerprint density at radius 3 is 2.03 bits per heavy atom. The highest BCUT2D eigenvalue weighted by atomic mass is 32.2. The number of hydrogen-bond donors (Lipinski definition) is 0. The summed E-state index contributed by atoms with van der Waals surface area (Å²) in [6.07, 6.45) is 0.0871. The molecule has 0 fully saturated rings. The number of rotatable bonds is 9. The number of nitriles is 2. The third-order valence-electron chi connectivity index (χ3n) is 4.86. The molecule has 0 unspecified atom stereocenters. The summed E-state index contributed by atoms with van der Waals surface area (Å²) in [6, 6.07) is 18.0. The summed E-state index contributed by atoms with van der Waals surface area (Å²) in [5, 5.41) is 18.3. The van der Waals surface area contributed by atoms with Gasteiger partial charge in [0, 0.05) is 11.6 Å². The van der Waals surface area contributed by atoms with Gasteiger partial charge in [-0.05, 0) is 42.8 Å². The highest BCUT2D eigenvalue weighted by molar-refractivity contribution is 7.87. The van der Waals surface area contributed by atoms with E-state index in [9.17, 15) is 13.7 Å². The highest BCUT2D eigenvalue weighted by Gasteiger charge is 2.21. The minimum absolute atomic E-state index is 0.00539. The van der Waals surface area contributed by atoms with E-state index in [0.717, 1.165) is 5.56 Å². The van der Waals surface area contributed by atoms with Gasteiger partial charge in [-0.3, -0.25) is 0 Å². The van der Waals surface area contributed by atoms with E-state index >= 15 is 0 Å². The van der Waals surface area contributed by atoms with E-state index in [1.54, 1.807) is 30.3 Å². The molecule has 0 heterocycles. The van der Waals surface area contributed by atoms with Crippen LogP contribution in [0.15, 0.2) is 59.5 Å². The molecular weight excluding hydrogens is 456 g/mol. The van der Waals surface area contributed by atoms with E-state index in [0.29, 0.717) is 22.6 Å². The summed E-state index contributed by atoms with van der Waals surface area (Å²) in [6.45, 7) is 1.85. The van der Waals surface area contributed by atoms with Crippen molar-refractivity contribution in [3.05, 3.63) is 71.3 Å². The van der Waals surface area contributed by atoms with Crippen LogP contribution >= 0.6 is 0 Å². The SMILES string of the molecule is COc1cc(CC#N)c(Oc2cc(CC#N)ccc2OS(=O)(=O)c2ccc(C)cc2)cc1OC. The number of methoxy groups -OCH3 is 2. The van der Waals surface area contributed by atoms with Crippen molar-refractivity contribution < 1.29 is 26.8 Å². The van der Waals surface area contributed by atoms with E-state index < -0.39 is 10.1 Å². The van der Waals surface area contributed by atoms with Gasteiger partial charge in [-0.25, -0.2) is 0 Å². The van der Waals surface area contributed by atoms with E-state index in [2.05, 4.69) is 6.07 Å². The van der Waals surface area contributed by atoms with Crippen LogP contribution in [-0.2, 0) is 23.0 Å². The predicted octanol–water partition coefficient (Wildman–Crippen LogP) is 4.70. The van der Waals surface area contributed by atoms with E-state index in [1.165, 1.54) is 38.5 Å². The first-order chi connectivity index (χ1) is 16.3. The Bertz CT molecular complexity index is 1370. The molecule has 0 aliphatic carbocycles. The zero-order chi connectivity index (χ0) is 24.7. The molecule has 0 aromatic heterocycles. The van der Waals surface area contributed by atoms with Gasteiger partial charge < -0.3 is 18.4 Å². The molecule has 0 aliphatic heterocycles. The molecule has 0 spiro atoms. The Kier molecular flexibility index (Phi) is 7.62. The lowest BCUT2D eigenvalue weighted by Gasteiger charge is -2.17. The van der Waals surface area contributed by atoms with Crippen molar-refractivity contribution in [3.8, 4) is 40.9 Å². The standard InChI is InChI=1S/C25H22N2O6S/c1-17-4-7-20(8-5-17)34(28,29)33-21-9-6-18(10-12-26)14-25(21)32-22-16-24(31-3)23(30-2)15-19(22)11-13-27/h4-9,14-16H,10-11H2,1-3H3. The van der Waals surface area contributed by atoms with Crippen molar-refractivity contribution >= 4 is 10.1 Å². The summed E-state index contributed by atoms with van der Waals surface area (Å²) in [7, 11) is -1.22. The Morgan fingerprint density at radius 1 is 0.765 bits per heavy atom. The second-order valence-corrected chi connectivity index (χ2v) is 8.76. The van der Waals surface area contributed by atoms with Crippen molar-refractivity contribution in [2.75, 3.05) is 14.2 Å². The molecule has 0 atom stereocenters. The van der Waals surface area contributed by atoms with Gasteiger partial charge in [0.15, 0.2) is 23.0 Å². The van der Waals surface area contributed by atoms with Crippen LogP contribution in [-0.4, -0.2) is 22.6 Å². The Labute approximate surface area is 198 Å². The lowest BCUT2D eigenvalue weighted by atomic mass is 10.1. The number of aryl methyl sites for hydroxylation is 1. The normalized spacial score (nSPS) is 10.6. The van der Waals surface area contributed by atoms with Gasteiger partial charge in [0.25, 0.3) is 0 Å². The second kappa shape index (κ2) is 10.6. The molecule has 34 heavy (non-hydrogen) atoms. The fraction of sp³-hybridized carbons (Fsp3) is 0.200. The molecule has 174 valence electrons. The average Bonchev–Trinajstić information content (AvgIpc) is 2.82. The first-order valence-electron chi connectivity index (χ1n) is 10.1. The molecule has 3 rings (SSSR count). The molecule has 0 amide bonds. The number of benzene rings is 3. The van der Waals surface area contributed by atoms with Gasteiger partial charge in [-0.15, -0.1) is 0 Å². The van der Waals surface area contributed by atoms with Crippen molar-refractivity contribution in [2.24, 2.45) is 0 Å². The molecule has 0 saturated carbocycles. The van der Waals surface area contributed by atoms with Crippen LogP contribution in [0.1, 0.15) is 16.7 Å². The zero-order valence-corrected chi connectivity index (χ0v) is 19.7. The molecule has 8 nitrogen and oxygen atoms in total. The second-order valence-electron chi connectivity index (χ2n) is 7.22. The third-order valence-corrected chi connectivity index (χ3v) is 6.11.